The monoisotopic (exact) mass is 402 g/mol. The van der Waals surface area contributed by atoms with Gasteiger partial charge >= 0.3 is 17.8 Å². The van der Waals surface area contributed by atoms with E-state index in [1.165, 1.54) is 6.20 Å². The lowest BCUT2D eigenvalue weighted by molar-refractivity contribution is 0.0991. The molecule has 0 atom stereocenters. The molecule has 1 aliphatic heterocycles. The zero-order valence-electron chi connectivity index (χ0n) is 15.1. The molecule has 1 aromatic carbocycles. The Morgan fingerprint density at radius 1 is 1.10 bits per heavy atom. The molecule has 0 saturated carbocycles. The molecule has 3 heterocycles. The molecule has 1 aliphatic rings. The number of anilines is 4. The molecule has 29 heavy (non-hydrogen) atoms. The van der Waals surface area contributed by atoms with Gasteiger partial charge < -0.3 is 24.7 Å². The van der Waals surface area contributed by atoms with E-state index in [0.29, 0.717) is 18.9 Å². The minimum absolute atomic E-state index is 0.191. The first-order valence-corrected chi connectivity index (χ1v) is 8.74. The van der Waals surface area contributed by atoms with Crippen LogP contribution in [0.1, 0.15) is 10.7 Å². The molecular weight excluding hydrogens is 386 g/mol. The molecule has 0 aliphatic carbocycles. The van der Waals surface area contributed by atoms with Crippen molar-refractivity contribution in [1.29, 1.82) is 0 Å². The molecule has 150 valence electrons. The molecule has 3 aromatic rings. The van der Waals surface area contributed by atoms with Crippen molar-refractivity contribution in [3.05, 3.63) is 54.1 Å². The van der Waals surface area contributed by atoms with E-state index in [-0.39, 0.29) is 17.6 Å². The number of benzene rings is 1. The third kappa shape index (κ3) is 4.46. The van der Waals surface area contributed by atoms with Gasteiger partial charge in [0, 0.05) is 19.2 Å². The number of rotatable bonds is 5. The third-order valence-corrected chi connectivity index (χ3v) is 4.13. The van der Waals surface area contributed by atoms with Crippen molar-refractivity contribution < 1.29 is 22.7 Å². The maximum atomic E-state index is 13.7. The third-order valence-electron chi connectivity index (χ3n) is 4.13. The molecule has 0 radical (unpaired) electrons. The average Bonchev–Trinajstić information content (AvgIpc) is 3.21. The van der Waals surface area contributed by atoms with E-state index in [0.717, 1.165) is 37.1 Å². The fourth-order valence-corrected chi connectivity index (χ4v) is 2.70. The van der Waals surface area contributed by atoms with Crippen LogP contribution in [0.5, 0.6) is 0 Å². The molecule has 4 rings (SSSR count). The molecule has 9 nitrogen and oxygen atoms in total. The number of ether oxygens (including phenoxy) is 1. The van der Waals surface area contributed by atoms with E-state index in [9.17, 15) is 13.6 Å². The van der Waals surface area contributed by atoms with Crippen molar-refractivity contribution in [2.75, 3.05) is 41.8 Å². The first-order valence-electron chi connectivity index (χ1n) is 8.74. The fraction of sp³-hybridized carbons (Fsp3) is 0.222. The minimum Gasteiger partial charge on any atom is -0.399 e. The molecule has 2 aromatic heterocycles. The van der Waals surface area contributed by atoms with E-state index < -0.39 is 17.5 Å². The number of hydrogen-bond acceptors (Lipinski definition) is 8. The number of pyridine rings is 1. The Bertz CT molecular complexity index is 1010. The van der Waals surface area contributed by atoms with Crippen LogP contribution < -0.4 is 15.5 Å². The summed E-state index contributed by atoms with van der Waals surface area (Å²) in [5.41, 5.74) is 0.249. The summed E-state index contributed by atoms with van der Waals surface area (Å²) >= 11 is 0. The Balaban J connectivity index is 1.39. The number of halogens is 2. The van der Waals surface area contributed by atoms with Crippen LogP contribution in [0.25, 0.3) is 0 Å². The second kappa shape index (κ2) is 8.19. The van der Waals surface area contributed by atoms with Gasteiger partial charge in [-0.3, -0.25) is 4.79 Å². The summed E-state index contributed by atoms with van der Waals surface area (Å²) < 4.78 is 37.3. The lowest BCUT2D eigenvalue weighted by atomic mass is 10.3. The minimum atomic E-state index is -0.706. The topological polar surface area (TPSA) is 105 Å². The zero-order chi connectivity index (χ0) is 20.2. The first-order chi connectivity index (χ1) is 14.1. The molecular formula is C18H16F2N6O3. The molecule has 2 N–H and O–H groups in total. The Morgan fingerprint density at radius 3 is 2.69 bits per heavy atom. The Kier molecular flexibility index (Phi) is 5.29. The van der Waals surface area contributed by atoms with Gasteiger partial charge in [0.05, 0.1) is 30.8 Å². The summed E-state index contributed by atoms with van der Waals surface area (Å²) in [6.07, 6.45) is 1.51. The van der Waals surface area contributed by atoms with Crippen LogP contribution in [0.15, 0.2) is 40.9 Å². The van der Waals surface area contributed by atoms with Crippen LogP contribution in [0, 0.1) is 11.6 Å². The Morgan fingerprint density at radius 2 is 1.93 bits per heavy atom. The van der Waals surface area contributed by atoms with Gasteiger partial charge in [0.1, 0.15) is 17.5 Å². The van der Waals surface area contributed by atoms with Gasteiger partial charge in [-0.15, -0.1) is 5.10 Å². The second-order valence-corrected chi connectivity index (χ2v) is 6.12. The molecule has 1 saturated heterocycles. The predicted octanol–water partition coefficient (Wildman–Crippen LogP) is 2.58. The van der Waals surface area contributed by atoms with Crippen LogP contribution in [0.4, 0.5) is 32.0 Å². The number of hydrogen-bond donors (Lipinski definition) is 2. The number of amides is 1. The summed E-state index contributed by atoms with van der Waals surface area (Å²) in [7, 11) is 0. The van der Waals surface area contributed by atoms with Crippen molar-refractivity contribution in [2.24, 2.45) is 0 Å². The number of nitrogens with one attached hydrogen (secondary N) is 2. The lowest BCUT2D eigenvalue weighted by Crippen LogP contribution is -2.36. The van der Waals surface area contributed by atoms with Gasteiger partial charge in [0.15, 0.2) is 0 Å². The predicted molar refractivity (Wildman–Crippen MR) is 99.2 cm³/mol. The highest BCUT2D eigenvalue weighted by molar-refractivity contribution is 6.00. The van der Waals surface area contributed by atoms with Gasteiger partial charge in [0.25, 0.3) is 0 Å². The Hall–Kier alpha value is -3.60. The highest BCUT2D eigenvalue weighted by Gasteiger charge is 2.17. The summed E-state index contributed by atoms with van der Waals surface area (Å²) in [5, 5.41) is 12.2. The van der Waals surface area contributed by atoms with E-state index in [2.05, 4.69) is 30.7 Å². The lowest BCUT2D eigenvalue weighted by Gasteiger charge is -2.27. The maximum absolute atomic E-state index is 13.7. The van der Waals surface area contributed by atoms with Crippen molar-refractivity contribution in [1.82, 2.24) is 15.2 Å². The molecule has 1 amide bonds. The van der Waals surface area contributed by atoms with Crippen molar-refractivity contribution in [3.63, 3.8) is 0 Å². The Labute approximate surface area is 163 Å². The summed E-state index contributed by atoms with van der Waals surface area (Å²) in [5.74, 6) is -1.57. The van der Waals surface area contributed by atoms with Crippen LogP contribution in [-0.2, 0) is 4.74 Å². The summed E-state index contributed by atoms with van der Waals surface area (Å²) in [6, 6.07) is 6.10. The number of nitrogens with zero attached hydrogens (tertiary/aromatic N) is 4. The zero-order valence-corrected chi connectivity index (χ0v) is 15.1. The highest BCUT2D eigenvalue weighted by Crippen LogP contribution is 2.21. The van der Waals surface area contributed by atoms with Gasteiger partial charge in [-0.1, -0.05) is 5.10 Å². The van der Waals surface area contributed by atoms with E-state index in [1.807, 2.05) is 0 Å². The summed E-state index contributed by atoms with van der Waals surface area (Å²) in [4.78, 5) is 18.7. The number of carbonyl (C=O) groups is 1. The molecule has 0 bridgehead atoms. The van der Waals surface area contributed by atoms with Crippen molar-refractivity contribution in [3.8, 4) is 0 Å². The van der Waals surface area contributed by atoms with Gasteiger partial charge in [-0.25, -0.2) is 13.8 Å². The van der Waals surface area contributed by atoms with E-state index in [4.69, 9.17) is 9.15 Å². The largest absolute Gasteiger partial charge is 0.399 e. The van der Waals surface area contributed by atoms with E-state index in [1.54, 1.807) is 12.1 Å². The summed E-state index contributed by atoms with van der Waals surface area (Å²) in [6.45, 7) is 2.80. The molecule has 1 fully saturated rings. The van der Waals surface area contributed by atoms with Gasteiger partial charge in [0.2, 0.25) is 0 Å². The molecule has 0 spiro atoms. The number of aromatic nitrogens is 3. The first kappa shape index (κ1) is 18.7. The highest BCUT2D eigenvalue weighted by atomic mass is 19.1. The van der Waals surface area contributed by atoms with E-state index >= 15 is 0 Å². The molecule has 0 unspecified atom stereocenters. The van der Waals surface area contributed by atoms with Gasteiger partial charge in [-0.05, 0) is 24.3 Å². The van der Waals surface area contributed by atoms with Crippen LogP contribution in [-0.4, -0.2) is 47.4 Å². The smallest absolute Gasteiger partial charge is 0.320 e. The average molecular weight is 402 g/mol. The second-order valence-electron chi connectivity index (χ2n) is 6.12. The van der Waals surface area contributed by atoms with Crippen LogP contribution in [0.3, 0.4) is 0 Å². The van der Waals surface area contributed by atoms with Crippen LogP contribution in [0.2, 0.25) is 0 Å². The number of morpholine rings is 1. The normalized spacial score (nSPS) is 13.9. The fourth-order valence-electron chi connectivity index (χ4n) is 2.70. The van der Waals surface area contributed by atoms with Crippen molar-refractivity contribution >= 4 is 29.1 Å². The van der Waals surface area contributed by atoms with Gasteiger partial charge in [-0.2, -0.15) is 0 Å². The number of carbonyl (C=O) groups excluding carboxylic acids is 1. The SMILES string of the molecule is O=C(Nc1ccc(N2CCOCC2)nc1)c1nnc(Nc2cc(F)ccc2F)o1. The standard InChI is InChI=1S/C18H16F2N6O3/c19-11-1-3-13(20)14(9-11)23-18-25-24-17(29-18)16(27)22-12-2-4-15(21-10-12)26-5-7-28-8-6-26/h1-4,9-10H,5-8H2,(H,22,27)(H,23,25). The van der Waals surface area contributed by atoms with Crippen molar-refractivity contribution in [2.45, 2.75) is 0 Å². The quantitative estimate of drug-likeness (QED) is 0.671. The van der Waals surface area contributed by atoms with Crippen LogP contribution >= 0.6 is 0 Å². The maximum Gasteiger partial charge on any atom is 0.320 e. The molecule has 11 heteroatoms.